The van der Waals surface area contributed by atoms with Gasteiger partial charge >= 0.3 is 0 Å². The molecule has 0 saturated heterocycles. The van der Waals surface area contributed by atoms with Crippen LogP contribution in [-0.2, 0) is 20.1 Å². The van der Waals surface area contributed by atoms with Gasteiger partial charge < -0.3 is 0 Å². The molecule has 0 saturated carbocycles. The van der Waals surface area contributed by atoms with Gasteiger partial charge in [0.1, 0.15) is 5.01 Å². The predicted octanol–water partition coefficient (Wildman–Crippen LogP) is 3.79. The lowest BCUT2D eigenvalue weighted by atomic mass is 10.1. The molecule has 0 unspecified atom stereocenters. The van der Waals surface area contributed by atoms with E-state index in [1.807, 2.05) is 17.9 Å². The fourth-order valence-corrected chi connectivity index (χ4v) is 3.42. The Hall–Kier alpha value is -1.98. The van der Waals surface area contributed by atoms with E-state index < -0.39 is 0 Å². The van der Waals surface area contributed by atoms with Crippen LogP contribution in [0.25, 0.3) is 10.6 Å². The number of thiazole rings is 1. The number of hydrogen-bond acceptors (Lipinski definition) is 4. The van der Waals surface area contributed by atoms with Crippen LogP contribution in [0.5, 0.6) is 0 Å². The molecule has 0 aliphatic heterocycles. The van der Waals surface area contributed by atoms with E-state index in [1.54, 1.807) is 11.3 Å². The summed E-state index contributed by atoms with van der Waals surface area (Å²) in [5, 5.41) is 7.55. The molecule has 120 valence electrons. The minimum Gasteiger partial charge on any atom is -0.296 e. The first-order chi connectivity index (χ1) is 11.0. The van der Waals surface area contributed by atoms with Gasteiger partial charge in [-0.05, 0) is 27.0 Å². The van der Waals surface area contributed by atoms with E-state index in [1.165, 1.54) is 22.4 Å². The van der Waals surface area contributed by atoms with Gasteiger partial charge in [-0.1, -0.05) is 23.8 Å². The number of benzene rings is 1. The molecule has 0 aliphatic carbocycles. The van der Waals surface area contributed by atoms with Crippen LogP contribution in [0.15, 0.2) is 35.8 Å². The highest BCUT2D eigenvalue weighted by Crippen LogP contribution is 2.25. The van der Waals surface area contributed by atoms with Crippen LogP contribution in [-0.4, -0.2) is 26.7 Å². The fourth-order valence-electron chi connectivity index (χ4n) is 2.61. The zero-order chi connectivity index (χ0) is 16.4. The Bertz CT molecular complexity index is 803. The largest absolute Gasteiger partial charge is 0.296 e. The quantitative estimate of drug-likeness (QED) is 0.715. The van der Waals surface area contributed by atoms with Gasteiger partial charge in [0.2, 0.25) is 0 Å². The van der Waals surface area contributed by atoms with E-state index in [0.29, 0.717) is 0 Å². The maximum absolute atomic E-state index is 4.79. The highest BCUT2D eigenvalue weighted by Gasteiger charge is 2.10. The Kier molecular flexibility index (Phi) is 4.59. The zero-order valence-electron chi connectivity index (χ0n) is 14.1. The van der Waals surface area contributed by atoms with E-state index >= 15 is 0 Å². The van der Waals surface area contributed by atoms with Crippen molar-refractivity contribution in [3.8, 4) is 10.6 Å². The molecule has 5 heteroatoms. The molecule has 2 aromatic heterocycles. The van der Waals surface area contributed by atoms with Crippen molar-refractivity contribution in [2.24, 2.45) is 7.05 Å². The van der Waals surface area contributed by atoms with E-state index in [-0.39, 0.29) is 0 Å². The standard InChI is InChI=1S/C18H22N4S/c1-13-6-5-7-15(8-13)18-20-17(12-23-18)11-21(3)10-16-9-19-22(4)14(16)2/h5-9,12H,10-11H2,1-4H3. The normalized spacial score (nSPS) is 11.3. The van der Waals surface area contributed by atoms with Crippen molar-refractivity contribution in [2.75, 3.05) is 7.05 Å². The third-order valence-corrected chi connectivity index (χ3v) is 4.97. The molecule has 0 bridgehead atoms. The van der Waals surface area contributed by atoms with Crippen LogP contribution in [0.4, 0.5) is 0 Å². The summed E-state index contributed by atoms with van der Waals surface area (Å²) >= 11 is 1.71. The maximum atomic E-state index is 4.79. The molecule has 3 aromatic rings. The van der Waals surface area contributed by atoms with Gasteiger partial charge in [-0.2, -0.15) is 5.10 Å². The number of aryl methyl sites for hydroxylation is 2. The van der Waals surface area contributed by atoms with Gasteiger partial charge in [0.25, 0.3) is 0 Å². The molecular formula is C18H22N4S. The van der Waals surface area contributed by atoms with Gasteiger partial charge in [-0.15, -0.1) is 11.3 Å². The molecule has 3 rings (SSSR count). The monoisotopic (exact) mass is 326 g/mol. The van der Waals surface area contributed by atoms with Gasteiger partial charge in [0.05, 0.1) is 11.9 Å². The lowest BCUT2D eigenvalue weighted by Gasteiger charge is -2.14. The molecule has 2 heterocycles. The predicted molar refractivity (Wildman–Crippen MR) is 95.4 cm³/mol. The first kappa shape index (κ1) is 15.9. The Labute approximate surface area is 141 Å². The van der Waals surface area contributed by atoms with Gasteiger partial charge in [0, 0.05) is 42.3 Å². The van der Waals surface area contributed by atoms with Crippen LogP contribution >= 0.6 is 11.3 Å². The smallest absolute Gasteiger partial charge is 0.123 e. The molecule has 0 fully saturated rings. The Morgan fingerprint density at radius 3 is 2.74 bits per heavy atom. The van der Waals surface area contributed by atoms with Crippen molar-refractivity contribution >= 4 is 11.3 Å². The van der Waals surface area contributed by atoms with E-state index in [0.717, 1.165) is 23.8 Å². The summed E-state index contributed by atoms with van der Waals surface area (Å²) in [6, 6.07) is 8.51. The zero-order valence-corrected chi connectivity index (χ0v) is 14.9. The fraction of sp³-hybridized carbons (Fsp3) is 0.333. The summed E-state index contributed by atoms with van der Waals surface area (Å²) in [5.41, 5.74) is 6.07. The topological polar surface area (TPSA) is 34.0 Å². The average Bonchev–Trinajstić information content (AvgIpc) is 3.09. The minimum absolute atomic E-state index is 0.844. The van der Waals surface area contributed by atoms with Crippen molar-refractivity contribution in [1.29, 1.82) is 0 Å². The van der Waals surface area contributed by atoms with E-state index in [4.69, 9.17) is 4.98 Å². The summed E-state index contributed by atoms with van der Waals surface area (Å²) in [7, 11) is 4.10. The van der Waals surface area contributed by atoms with Crippen molar-refractivity contribution in [3.63, 3.8) is 0 Å². The van der Waals surface area contributed by atoms with E-state index in [9.17, 15) is 0 Å². The first-order valence-electron chi connectivity index (χ1n) is 7.70. The number of aromatic nitrogens is 3. The van der Waals surface area contributed by atoms with Crippen LogP contribution < -0.4 is 0 Å². The summed E-state index contributed by atoms with van der Waals surface area (Å²) in [4.78, 5) is 7.06. The second kappa shape index (κ2) is 6.64. The van der Waals surface area contributed by atoms with Crippen LogP contribution in [0.1, 0.15) is 22.5 Å². The molecule has 0 N–H and O–H groups in total. The molecule has 0 aliphatic rings. The highest BCUT2D eigenvalue weighted by molar-refractivity contribution is 7.13. The molecule has 0 amide bonds. The molecule has 0 atom stereocenters. The summed E-state index contributed by atoms with van der Waals surface area (Å²) < 4.78 is 1.92. The third-order valence-electron chi connectivity index (χ3n) is 4.03. The molecular weight excluding hydrogens is 304 g/mol. The summed E-state index contributed by atoms with van der Waals surface area (Å²) in [6.45, 7) is 5.95. The lowest BCUT2D eigenvalue weighted by Crippen LogP contribution is -2.17. The van der Waals surface area contributed by atoms with Gasteiger partial charge in [-0.25, -0.2) is 4.98 Å². The van der Waals surface area contributed by atoms with Crippen molar-refractivity contribution < 1.29 is 0 Å². The summed E-state index contributed by atoms with van der Waals surface area (Å²) in [6.07, 6.45) is 1.95. The lowest BCUT2D eigenvalue weighted by molar-refractivity contribution is 0.315. The Balaban J connectivity index is 1.68. The maximum Gasteiger partial charge on any atom is 0.123 e. The average molecular weight is 326 g/mol. The summed E-state index contributed by atoms with van der Waals surface area (Å²) in [5.74, 6) is 0. The highest BCUT2D eigenvalue weighted by atomic mass is 32.1. The molecule has 23 heavy (non-hydrogen) atoms. The molecule has 0 radical (unpaired) electrons. The second-order valence-corrected chi connectivity index (χ2v) is 6.92. The first-order valence-corrected chi connectivity index (χ1v) is 8.58. The third kappa shape index (κ3) is 3.68. The number of rotatable bonds is 5. The minimum atomic E-state index is 0.844. The van der Waals surface area contributed by atoms with Crippen molar-refractivity contribution in [2.45, 2.75) is 26.9 Å². The molecule has 4 nitrogen and oxygen atoms in total. The van der Waals surface area contributed by atoms with E-state index in [2.05, 4.69) is 60.5 Å². The van der Waals surface area contributed by atoms with Crippen LogP contribution in [0.2, 0.25) is 0 Å². The second-order valence-electron chi connectivity index (χ2n) is 6.06. The van der Waals surface area contributed by atoms with Gasteiger partial charge in [0.15, 0.2) is 0 Å². The Morgan fingerprint density at radius 2 is 2.04 bits per heavy atom. The number of nitrogens with zero attached hydrogens (tertiary/aromatic N) is 4. The van der Waals surface area contributed by atoms with Crippen molar-refractivity contribution in [3.05, 3.63) is 58.4 Å². The number of hydrogen-bond donors (Lipinski definition) is 0. The Morgan fingerprint density at radius 1 is 1.22 bits per heavy atom. The molecule has 1 aromatic carbocycles. The van der Waals surface area contributed by atoms with Crippen molar-refractivity contribution in [1.82, 2.24) is 19.7 Å². The molecule has 0 spiro atoms. The SMILES string of the molecule is Cc1cccc(-c2nc(CN(C)Cc3cnn(C)c3C)cs2)c1. The van der Waals surface area contributed by atoms with Crippen LogP contribution in [0, 0.1) is 13.8 Å². The van der Waals surface area contributed by atoms with Crippen LogP contribution in [0.3, 0.4) is 0 Å². The van der Waals surface area contributed by atoms with Gasteiger partial charge in [-0.3, -0.25) is 9.58 Å².